The highest BCUT2D eigenvalue weighted by atomic mass is 16.5. The van der Waals surface area contributed by atoms with E-state index in [-0.39, 0.29) is 18.3 Å². The van der Waals surface area contributed by atoms with Gasteiger partial charge in [0.25, 0.3) is 0 Å². The molecule has 1 atom stereocenters. The van der Waals surface area contributed by atoms with Crippen LogP contribution in [0.2, 0.25) is 0 Å². The fourth-order valence-electron chi connectivity index (χ4n) is 4.40. The molecular formula is C27H35N5O3. The number of fused-ring (bicyclic) bond motifs is 1. The van der Waals surface area contributed by atoms with Crippen molar-refractivity contribution in [2.45, 2.75) is 25.9 Å². The molecule has 2 aromatic carbocycles. The Morgan fingerprint density at radius 3 is 2.49 bits per heavy atom. The van der Waals surface area contributed by atoms with Gasteiger partial charge in [0, 0.05) is 43.9 Å². The lowest BCUT2D eigenvalue weighted by molar-refractivity contribution is -0.145. The summed E-state index contributed by atoms with van der Waals surface area (Å²) in [7, 11) is 2.12. The van der Waals surface area contributed by atoms with E-state index in [0.717, 1.165) is 55.7 Å². The van der Waals surface area contributed by atoms with Crippen molar-refractivity contribution in [3.8, 4) is 0 Å². The minimum Gasteiger partial charge on any atom is -0.465 e. The molecule has 0 aromatic heterocycles. The van der Waals surface area contributed by atoms with Crippen LogP contribution in [0.25, 0.3) is 0 Å². The van der Waals surface area contributed by atoms with Gasteiger partial charge < -0.3 is 15.4 Å². The molecule has 4 rings (SSSR count). The van der Waals surface area contributed by atoms with Gasteiger partial charge in [0.05, 0.1) is 25.5 Å². The molecule has 2 aliphatic heterocycles. The van der Waals surface area contributed by atoms with Crippen molar-refractivity contribution in [3.05, 3.63) is 70.3 Å². The average molecular weight is 478 g/mol. The second kappa shape index (κ2) is 11.6. The lowest BCUT2D eigenvalue weighted by Gasteiger charge is -2.34. The monoisotopic (exact) mass is 477 g/mol. The first-order chi connectivity index (χ1) is 16.9. The number of hydrogen-bond donors (Lipinski definition) is 1. The topological polar surface area (TPSA) is 91.5 Å². The maximum atomic E-state index is 13.1. The van der Waals surface area contributed by atoms with Crippen LogP contribution in [0.5, 0.6) is 0 Å². The number of hydrazone groups is 1. The van der Waals surface area contributed by atoms with E-state index in [2.05, 4.69) is 22.1 Å². The van der Waals surface area contributed by atoms with Crippen LogP contribution in [0, 0.1) is 0 Å². The predicted molar refractivity (Wildman–Crippen MR) is 136 cm³/mol. The number of benzene rings is 2. The predicted octanol–water partition coefficient (Wildman–Crippen LogP) is 2.27. The van der Waals surface area contributed by atoms with Gasteiger partial charge in [-0.05, 0) is 42.6 Å². The first-order valence-electron chi connectivity index (χ1n) is 12.3. The zero-order valence-electron chi connectivity index (χ0n) is 20.7. The third-order valence-electron chi connectivity index (χ3n) is 6.61. The standard InChI is InChI=1S/C27H35N5O3/c1-3-16-35-25(33)19-31-11-10-22-17-23(8-9-24(22)27(31)28)26(34)21-6-4-20(5-7-21)18-29-32-14-12-30(2)13-15-32/h4-9,17-18,27H,3,10-16,19,28H2,1-2H3. The Balaban J connectivity index is 1.38. The number of hydrogen-bond acceptors (Lipinski definition) is 8. The number of ketones is 1. The molecule has 2 aliphatic rings. The summed E-state index contributed by atoms with van der Waals surface area (Å²) in [5.41, 5.74) is 10.7. The third-order valence-corrected chi connectivity index (χ3v) is 6.61. The van der Waals surface area contributed by atoms with E-state index in [0.29, 0.717) is 24.3 Å². The van der Waals surface area contributed by atoms with Crippen LogP contribution in [-0.4, -0.2) is 85.7 Å². The largest absolute Gasteiger partial charge is 0.465 e. The van der Waals surface area contributed by atoms with Crippen LogP contribution >= 0.6 is 0 Å². The molecule has 0 bridgehead atoms. The maximum absolute atomic E-state index is 13.1. The number of likely N-dealkylation sites (N-methyl/N-ethyl adjacent to an activating group) is 1. The molecule has 1 unspecified atom stereocenters. The number of carbonyl (C=O) groups excluding carboxylic acids is 2. The molecule has 0 aliphatic carbocycles. The zero-order valence-corrected chi connectivity index (χ0v) is 20.7. The molecule has 0 saturated carbocycles. The molecule has 186 valence electrons. The molecule has 35 heavy (non-hydrogen) atoms. The fraction of sp³-hybridized carbons (Fsp3) is 0.444. The molecule has 8 heteroatoms. The van der Waals surface area contributed by atoms with E-state index in [4.69, 9.17) is 10.5 Å². The quantitative estimate of drug-likeness (QED) is 0.354. The molecule has 0 amide bonds. The molecule has 1 fully saturated rings. The van der Waals surface area contributed by atoms with Gasteiger partial charge in [0.15, 0.2) is 5.78 Å². The van der Waals surface area contributed by atoms with Crippen molar-refractivity contribution in [1.29, 1.82) is 0 Å². The summed E-state index contributed by atoms with van der Waals surface area (Å²) in [6.45, 7) is 7.08. The Hall–Kier alpha value is -3.07. The number of nitrogens with zero attached hydrogens (tertiary/aromatic N) is 4. The van der Waals surface area contributed by atoms with Crippen LogP contribution < -0.4 is 5.73 Å². The lowest BCUT2D eigenvalue weighted by atomic mass is 9.92. The Morgan fingerprint density at radius 1 is 1.06 bits per heavy atom. The molecule has 1 saturated heterocycles. The first kappa shape index (κ1) is 25.0. The number of esters is 1. The van der Waals surface area contributed by atoms with Gasteiger partial charge in [-0.15, -0.1) is 0 Å². The van der Waals surface area contributed by atoms with E-state index < -0.39 is 6.17 Å². The second-order valence-corrected chi connectivity index (χ2v) is 9.25. The summed E-state index contributed by atoms with van der Waals surface area (Å²) in [6, 6.07) is 13.2. The highest BCUT2D eigenvalue weighted by Crippen LogP contribution is 2.27. The lowest BCUT2D eigenvalue weighted by Crippen LogP contribution is -2.43. The van der Waals surface area contributed by atoms with Crippen molar-refractivity contribution in [2.75, 3.05) is 52.9 Å². The van der Waals surface area contributed by atoms with E-state index in [9.17, 15) is 9.59 Å². The average Bonchev–Trinajstić information content (AvgIpc) is 2.88. The van der Waals surface area contributed by atoms with Crippen molar-refractivity contribution < 1.29 is 14.3 Å². The van der Waals surface area contributed by atoms with E-state index >= 15 is 0 Å². The first-order valence-corrected chi connectivity index (χ1v) is 12.3. The highest BCUT2D eigenvalue weighted by Gasteiger charge is 2.27. The summed E-state index contributed by atoms with van der Waals surface area (Å²) in [6.07, 6.45) is 2.98. The molecule has 8 nitrogen and oxygen atoms in total. The van der Waals surface area contributed by atoms with E-state index in [1.165, 1.54) is 0 Å². The zero-order chi connectivity index (χ0) is 24.8. The Bertz CT molecular complexity index is 1060. The number of ether oxygens (including phenoxy) is 1. The number of rotatable bonds is 8. The van der Waals surface area contributed by atoms with Gasteiger partial charge in [-0.3, -0.25) is 19.5 Å². The van der Waals surface area contributed by atoms with Crippen molar-refractivity contribution in [2.24, 2.45) is 10.8 Å². The van der Waals surface area contributed by atoms with Gasteiger partial charge in [-0.1, -0.05) is 43.3 Å². The van der Waals surface area contributed by atoms with Crippen LogP contribution in [0.1, 0.15) is 52.1 Å². The maximum Gasteiger partial charge on any atom is 0.320 e. The minimum atomic E-state index is -0.393. The molecule has 2 heterocycles. The van der Waals surface area contributed by atoms with E-state index in [1.54, 1.807) is 0 Å². The smallest absolute Gasteiger partial charge is 0.320 e. The van der Waals surface area contributed by atoms with Crippen LogP contribution in [0.4, 0.5) is 0 Å². The van der Waals surface area contributed by atoms with Crippen molar-refractivity contribution in [1.82, 2.24) is 14.8 Å². The van der Waals surface area contributed by atoms with Crippen LogP contribution in [0.3, 0.4) is 0 Å². The third kappa shape index (κ3) is 6.33. The molecule has 2 aromatic rings. The molecule has 0 radical (unpaired) electrons. The number of piperazine rings is 1. The van der Waals surface area contributed by atoms with Gasteiger partial charge >= 0.3 is 5.97 Å². The number of nitrogens with two attached hydrogens (primary N) is 1. The van der Waals surface area contributed by atoms with Gasteiger partial charge in [0.2, 0.25) is 0 Å². The minimum absolute atomic E-state index is 0.0190. The molecule has 2 N–H and O–H groups in total. The van der Waals surface area contributed by atoms with Crippen LogP contribution in [0.15, 0.2) is 47.6 Å². The number of carbonyl (C=O) groups is 2. The summed E-state index contributed by atoms with van der Waals surface area (Å²) in [5.74, 6) is -0.274. The van der Waals surface area contributed by atoms with Crippen molar-refractivity contribution in [3.63, 3.8) is 0 Å². The SMILES string of the molecule is CCCOC(=O)CN1CCc2cc(C(=O)c3ccc(C=NN4CCN(C)CC4)cc3)ccc2C1N. The Morgan fingerprint density at radius 2 is 1.77 bits per heavy atom. The fourth-order valence-corrected chi connectivity index (χ4v) is 4.40. The van der Waals surface area contributed by atoms with Gasteiger partial charge in [0.1, 0.15) is 0 Å². The molecular weight excluding hydrogens is 442 g/mol. The highest BCUT2D eigenvalue weighted by molar-refractivity contribution is 6.09. The summed E-state index contributed by atoms with van der Waals surface area (Å²) in [5, 5.41) is 6.64. The summed E-state index contributed by atoms with van der Waals surface area (Å²) < 4.78 is 5.20. The summed E-state index contributed by atoms with van der Waals surface area (Å²) in [4.78, 5) is 29.3. The molecule has 0 spiro atoms. The normalized spacial score (nSPS) is 19.1. The Kier molecular flexibility index (Phi) is 8.28. The van der Waals surface area contributed by atoms with Crippen LogP contribution in [-0.2, 0) is 16.0 Å². The van der Waals surface area contributed by atoms with Gasteiger partial charge in [-0.2, -0.15) is 5.10 Å². The van der Waals surface area contributed by atoms with E-state index in [1.807, 2.05) is 60.5 Å². The second-order valence-electron chi connectivity index (χ2n) is 9.25. The van der Waals surface area contributed by atoms with Crippen molar-refractivity contribution >= 4 is 18.0 Å². The summed E-state index contributed by atoms with van der Waals surface area (Å²) >= 11 is 0. The Labute approximate surface area is 207 Å². The van der Waals surface area contributed by atoms with Gasteiger partial charge in [-0.25, -0.2) is 0 Å².